The Kier molecular flexibility index (Phi) is 5.10. The van der Waals surface area contributed by atoms with Crippen LogP contribution in [0.1, 0.15) is 12.7 Å². The number of anilines is 1. The van der Waals surface area contributed by atoms with E-state index in [-0.39, 0.29) is 11.9 Å². The fraction of sp³-hybridized carbons (Fsp3) is 0.389. The molecule has 5 heteroatoms. The van der Waals surface area contributed by atoms with Gasteiger partial charge in [0.15, 0.2) is 0 Å². The third kappa shape index (κ3) is 4.21. The van der Waals surface area contributed by atoms with Crippen molar-refractivity contribution in [3.8, 4) is 0 Å². The lowest BCUT2D eigenvalue weighted by atomic mass is 10.2. The van der Waals surface area contributed by atoms with Crippen molar-refractivity contribution >= 4 is 11.6 Å². The standard InChI is InChI=1S/C18H23N3O2/c1-15(18(22)19-16-6-3-2-4-7-16)21-11-9-20(10-12-21)14-17-8-5-13-23-17/h2-8,13,15H,9-12,14H2,1H3,(H,19,22). The molecule has 1 aliphatic rings. The molecule has 3 rings (SSSR count). The summed E-state index contributed by atoms with van der Waals surface area (Å²) in [4.78, 5) is 17.0. The summed E-state index contributed by atoms with van der Waals surface area (Å²) in [6.45, 7) is 6.49. The smallest absolute Gasteiger partial charge is 0.241 e. The molecule has 5 nitrogen and oxygen atoms in total. The number of hydrogen-bond donors (Lipinski definition) is 1. The van der Waals surface area contributed by atoms with Gasteiger partial charge in [-0.15, -0.1) is 0 Å². The van der Waals surface area contributed by atoms with E-state index in [0.29, 0.717) is 0 Å². The second-order valence-electron chi connectivity index (χ2n) is 5.92. The predicted molar refractivity (Wildman–Crippen MR) is 90.1 cm³/mol. The van der Waals surface area contributed by atoms with Crippen molar-refractivity contribution in [1.82, 2.24) is 9.80 Å². The van der Waals surface area contributed by atoms with Crippen molar-refractivity contribution in [3.05, 3.63) is 54.5 Å². The molecule has 2 heterocycles. The number of nitrogens with zero attached hydrogens (tertiary/aromatic N) is 2. The Bertz CT molecular complexity index is 604. The maximum Gasteiger partial charge on any atom is 0.241 e. The molecule has 0 bridgehead atoms. The van der Waals surface area contributed by atoms with E-state index in [2.05, 4.69) is 15.1 Å². The molecule has 1 aromatic heterocycles. The monoisotopic (exact) mass is 313 g/mol. The molecule has 0 aliphatic carbocycles. The van der Waals surface area contributed by atoms with Gasteiger partial charge in [-0.2, -0.15) is 0 Å². The van der Waals surface area contributed by atoms with Gasteiger partial charge >= 0.3 is 0 Å². The minimum absolute atomic E-state index is 0.0516. The van der Waals surface area contributed by atoms with Gasteiger partial charge in [0, 0.05) is 31.9 Å². The number of benzene rings is 1. The zero-order valence-electron chi connectivity index (χ0n) is 13.4. The lowest BCUT2D eigenvalue weighted by Crippen LogP contribution is -2.52. The Labute approximate surface area is 136 Å². The lowest BCUT2D eigenvalue weighted by Gasteiger charge is -2.37. The van der Waals surface area contributed by atoms with Crippen molar-refractivity contribution in [1.29, 1.82) is 0 Å². The molecule has 1 fully saturated rings. The normalized spacial score (nSPS) is 17.8. The summed E-state index contributed by atoms with van der Waals surface area (Å²) in [6, 6.07) is 13.4. The van der Waals surface area contributed by atoms with Crippen molar-refractivity contribution in [3.63, 3.8) is 0 Å². The summed E-state index contributed by atoms with van der Waals surface area (Å²) in [6.07, 6.45) is 1.71. The highest BCUT2D eigenvalue weighted by Gasteiger charge is 2.25. The summed E-state index contributed by atoms with van der Waals surface area (Å²) in [7, 11) is 0. The SMILES string of the molecule is CC(C(=O)Nc1ccccc1)N1CCN(Cc2ccco2)CC1. The van der Waals surface area contributed by atoms with Crippen LogP contribution in [-0.4, -0.2) is 47.9 Å². The number of hydrogen-bond acceptors (Lipinski definition) is 4. The number of piperazine rings is 1. The largest absolute Gasteiger partial charge is 0.468 e. The van der Waals surface area contributed by atoms with Crippen molar-refractivity contribution < 1.29 is 9.21 Å². The van der Waals surface area contributed by atoms with Crippen LogP contribution >= 0.6 is 0 Å². The van der Waals surface area contributed by atoms with Gasteiger partial charge in [0.05, 0.1) is 18.8 Å². The highest BCUT2D eigenvalue weighted by molar-refractivity contribution is 5.94. The third-order valence-corrected chi connectivity index (χ3v) is 4.33. The zero-order chi connectivity index (χ0) is 16.1. The van der Waals surface area contributed by atoms with Gasteiger partial charge in [0.25, 0.3) is 0 Å². The molecule has 0 saturated carbocycles. The topological polar surface area (TPSA) is 48.7 Å². The van der Waals surface area contributed by atoms with E-state index in [1.54, 1.807) is 6.26 Å². The molecule has 1 N–H and O–H groups in total. The van der Waals surface area contributed by atoms with Crippen molar-refractivity contribution in [2.75, 3.05) is 31.5 Å². The van der Waals surface area contributed by atoms with E-state index in [0.717, 1.165) is 44.2 Å². The summed E-state index contributed by atoms with van der Waals surface area (Å²) in [5.41, 5.74) is 0.848. The molecule has 2 aromatic rings. The van der Waals surface area contributed by atoms with Crippen LogP contribution in [0.15, 0.2) is 53.1 Å². The molecule has 1 amide bonds. The van der Waals surface area contributed by atoms with Crippen LogP contribution in [0.4, 0.5) is 5.69 Å². The molecule has 23 heavy (non-hydrogen) atoms. The van der Waals surface area contributed by atoms with Crippen LogP contribution in [0.3, 0.4) is 0 Å². The van der Waals surface area contributed by atoms with Gasteiger partial charge in [-0.05, 0) is 31.2 Å². The van der Waals surface area contributed by atoms with Crippen LogP contribution in [-0.2, 0) is 11.3 Å². The molecule has 122 valence electrons. The van der Waals surface area contributed by atoms with Gasteiger partial charge in [-0.3, -0.25) is 14.6 Å². The summed E-state index contributed by atoms with van der Waals surface area (Å²) >= 11 is 0. The van der Waals surface area contributed by atoms with Crippen LogP contribution in [0.5, 0.6) is 0 Å². The number of para-hydroxylation sites is 1. The summed E-state index contributed by atoms with van der Waals surface area (Å²) < 4.78 is 5.40. The molecule has 0 spiro atoms. The van der Waals surface area contributed by atoms with E-state index in [1.807, 2.05) is 49.4 Å². The molecule has 0 radical (unpaired) electrons. The molecule has 1 saturated heterocycles. The summed E-state index contributed by atoms with van der Waals surface area (Å²) in [5.74, 6) is 1.05. The molecule has 1 aliphatic heterocycles. The highest BCUT2D eigenvalue weighted by atomic mass is 16.3. The van der Waals surface area contributed by atoms with Gasteiger partial charge < -0.3 is 9.73 Å². The number of furan rings is 1. The Morgan fingerprint density at radius 2 is 1.87 bits per heavy atom. The van der Waals surface area contributed by atoms with Crippen LogP contribution in [0.2, 0.25) is 0 Å². The molecule has 1 unspecified atom stereocenters. The van der Waals surface area contributed by atoms with E-state index in [1.165, 1.54) is 0 Å². The average molecular weight is 313 g/mol. The average Bonchev–Trinajstić information content (AvgIpc) is 3.09. The predicted octanol–water partition coefficient (Wildman–Crippen LogP) is 2.42. The third-order valence-electron chi connectivity index (χ3n) is 4.33. The Morgan fingerprint density at radius 1 is 1.13 bits per heavy atom. The molecular weight excluding hydrogens is 290 g/mol. The zero-order valence-corrected chi connectivity index (χ0v) is 13.4. The minimum Gasteiger partial charge on any atom is -0.468 e. The number of carbonyl (C=O) groups excluding carboxylic acids is 1. The van der Waals surface area contributed by atoms with Crippen LogP contribution < -0.4 is 5.32 Å². The van der Waals surface area contributed by atoms with Gasteiger partial charge in [-0.1, -0.05) is 18.2 Å². The van der Waals surface area contributed by atoms with E-state index < -0.39 is 0 Å². The van der Waals surface area contributed by atoms with Crippen molar-refractivity contribution in [2.24, 2.45) is 0 Å². The first-order chi connectivity index (χ1) is 11.2. The van der Waals surface area contributed by atoms with Crippen LogP contribution in [0.25, 0.3) is 0 Å². The number of amides is 1. The first-order valence-electron chi connectivity index (χ1n) is 8.07. The maximum absolute atomic E-state index is 12.4. The fourth-order valence-electron chi connectivity index (χ4n) is 2.87. The second-order valence-corrected chi connectivity index (χ2v) is 5.92. The first kappa shape index (κ1) is 15.8. The van der Waals surface area contributed by atoms with E-state index in [4.69, 9.17) is 4.42 Å². The summed E-state index contributed by atoms with van der Waals surface area (Å²) in [5, 5.41) is 2.98. The van der Waals surface area contributed by atoms with Gasteiger partial charge in [-0.25, -0.2) is 0 Å². The number of nitrogens with one attached hydrogen (secondary N) is 1. The van der Waals surface area contributed by atoms with Gasteiger partial charge in [0.2, 0.25) is 5.91 Å². The number of carbonyl (C=O) groups is 1. The molecular formula is C18H23N3O2. The lowest BCUT2D eigenvalue weighted by molar-refractivity contribution is -0.121. The fourth-order valence-corrected chi connectivity index (χ4v) is 2.87. The van der Waals surface area contributed by atoms with Gasteiger partial charge in [0.1, 0.15) is 5.76 Å². The minimum atomic E-state index is -0.124. The Balaban J connectivity index is 1.47. The van der Waals surface area contributed by atoms with E-state index >= 15 is 0 Å². The highest BCUT2D eigenvalue weighted by Crippen LogP contribution is 2.13. The first-order valence-corrected chi connectivity index (χ1v) is 8.07. The quantitative estimate of drug-likeness (QED) is 0.921. The second kappa shape index (κ2) is 7.44. The van der Waals surface area contributed by atoms with Crippen molar-refractivity contribution in [2.45, 2.75) is 19.5 Å². The van der Waals surface area contributed by atoms with Crippen LogP contribution in [0, 0.1) is 0 Å². The van der Waals surface area contributed by atoms with E-state index in [9.17, 15) is 4.79 Å². The molecule has 1 atom stereocenters. The molecule has 1 aromatic carbocycles. The Morgan fingerprint density at radius 3 is 2.52 bits per heavy atom. The maximum atomic E-state index is 12.4. The number of rotatable bonds is 5. The Hall–Kier alpha value is -2.11.